The maximum absolute atomic E-state index is 6.20. The zero-order chi connectivity index (χ0) is 15.4. The highest BCUT2D eigenvalue weighted by Crippen LogP contribution is 2.26. The van der Waals surface area contributed by atoms with Crippen molar-refractivity contribution in [2.24, 2.45) is 5.73 Å². The van der Waals surface area contributed by atoms with Crippen LogP contribution in [0.15, 0.2) is 66.7 Å². The molecule has 0 aliphatic carbocycles. The fraction of sp³-hybridized carbons (Fsp3) is 0.158. The zero-order valence-corrected chi connectivity index (χ0v) is 13.0. The molecule has 0 amide bonds. The summed E-state index contributed by atoms with van der Waals surface area (Å²) in [6, 6.07) is 21.9. The van der Waals surface area contributed by atoms with Gasteiger partial charge in [0.25, 0.3) is 0 Å². The Morgan fingerprint density at radius 3 is 2.45 bits per heavy atom. The summed E-state index contributed by atoms with van der Waals surface area (Å²) in [6.07, 6.45) is 0.755. The number of hydrogen-bond acceptors (Lipinski definition) is 2. The van der Waals surface area contributed by atoms with Crippen molar-refractivity contribution < 1.29 is 4.74 Å². The summed E-state index contributed by atoms with van der Waals surface area (Å²) in [7, 11) is 0. The van der Waals surface area contributed by atoms with Gasteiger partial charge in [0, 0.05) is 22.9 Å². The Bertz CT molecular complexity index is 749. The van der Waals surface area contributed by atoms with E-state index in [0.29, 0.717) is 6.61 Å². The lowest BCUT2D eigenvalue weighted by molar-refractivity contribution is 0.302. The lowest BCUT2D eigenvalue weighted by atomic mass is 10.1. The number of hydrogen-bond donors (Lipinski definition) is 1. The number of benzene rings is 3. The summed E-state index contributed by atoms with van der Waals surface area (Å²) in [4.78, 5) is 0. The highest BCUT2D eigenvalue weighted by Gasteiger charge is 2.07. The second-order valence-electron chi connectivity index (χ2n) is 5.27. The van der Waals surface area contributed by atoms with Crippen LogP contribution in [-0.4, -0.2) is 6.61 Å². The first kappa shape index (κ1) is 14.9. The molecule has 1 unspecified atom stereocenters. The van der Waals surface area contributed by atoms with Gasteiger partial charge in [-0.3, -0.25) is 0 Å². The van der Waals surface area contributed by atoms with Crippen LogP contribution in [0.4, 0.5) is 0 Å². The van der Waals surface area contributed by atoms with E-state index in [-0.39, 0.29) is 6.04 Å². The van der Waals surface area contributed by atoms with Crippen LogP contribution in [0.25, 0.3) is 10.8 Å². The van der Waals surface area contributed by atoms with Gasteiger partial charge in [0.15, 0.2) is 0 Å². The maximum Gasteiger partial charge on any atom is 0.127 e. The van der Waals surface area contributed by atoms with Gasteiger partial charge in [0.1, 0.15) is 5.75 Å². The average molecular weight is 312 g/mol. The Kier molecular flexibility index (Phi) is 4.62. The molecule has 0 fully saturated rings. The van der Waals surface area contributed by atoms with Crippen LogP contribution in [0.5, 0.6) is 5.75 Å². The molecule has 2 N–H and O–H groups in total. The predicted molar refractivity (Wildman–Crippen MR) is 92.4 cm³/mol. The van der Waals surface area contributed by atoms with Crippen molar-refractivity contribution in [1.82, 2.24) is 0 Å². The van der Waals surface area contributed by atoms with E-state index in [9.17, 15) is 0 Å². The van der Waals surface area contributed by atoms with Gasteiger partial charge < -0.3 is 10.5 Å². The molecular weight excluding hydrogens is 294 g/mol. The molecule has 112 valence electrons. The summed E-state index contributed by atoms with van der Waals surface area (Å²) in [5.74, 6) is 0.904. The molecule has 22 heavy (non-hydrogen) atoms. The minimum atomic E-state index is -0.0488. The van der Waals surface area contributed by atoms with Crippen molar-refractivity contribution in [3.63, 3.8) is 0 Å². The summed E-state index contributed by atoms with van der Waals surface area (Å²) in [5.41, 5.74) is 7.27. The van der Waals surface area contributed by atoms with E-state index < -0.39 is 0 Å². The first-order valence-electron chi connectivity index (χ1n) is 7.35. The van der Waals surface area contributed by atoms with Crippen LogP contribution in [0.3, 0.4) is 0 Å². The Morgan fingerprint density at radius 1 is 0.909 bits per heavy atom. The maximum atomic E-state index is 6.20. The molecule has 0 aliphatic heterocycles. The average Bonchev–Trinajstić information content (AvgIpc) is 2.55. The Balaban J connectivity index is 1.63. The van der Waals surface area contributed by atoms with Crippen LogP contribution in [0.2, 0.25) is 5.02 Å². The molecule has 0 aliphatic rings. The van der Waals surface area contributed by atoms with E-state index in [1.807, 2.05) is 48.5 Å². The Labute approximate surface area is 135 Å². The lowest BCUT2D eigenvalue weighted by Gasteiger charge is -2.14. The SMILES string of the molecule is NC(CCOc1cccc2ccccc12)c1ccc(Cl)cc1. The van der Waals surface area contributed by atoms with Gasteiger partial charge in [-0.15, -0.1) is 0 Å². The molecule has 0 saturated heterocycles. The molecule has 0 saturated carbocycles. The normalized spacial score (nSPS) is 12.3. The number of nitrogens with two attached hydrogens (primary N) is 1. The largest absolute Gasteiger partial charge is 0.493 e. The van der Waals surface area contributed by atoms with E-state index in [0.717, 1.165) is 28.1 Å². The molecule has 2 nitrogen and oxygen atoms in total. The molecule has 0 bridgehead atoms. The monoisotopic (exact) mass is 311 g/mol. The zero-order valence-electron chi connectivity index (χ0n) is 12.2. The highest BCUT2D eigenvalue weighted by atomic mass is 35.5. The number of halogens is 1. The van der Waals surface area contributed by atoms with Gasteiger partial charge >= 0.3 is 0 Å². The summed E-state index contributed by atoms with van der Waals surface area (Å²) in [6.45, 7) is 0.581. The molecule has 0 spiro atoms. The fourth-order valence-electron chi connectivity index (χ4n) is 2.49. The van der Waals surface area contributed by atoms with E-state index in [4.69, 9.17) is 22.1 Å². The van der Waals surface area contributed by atoms with Crippen molar-refractivity contribution in [2.45, 2.75) is 12.5 Å². The van der Waals surface area contributed by atoms with E-state index in [1.54, 1.807) is 0 Å². The standard InChI is InChI=1S/C19H18ClNO/c20-16-10-8-15(9-11-16)18(21)12-13-22-19-7-3-5-14-4-1-2-6-17(14)19/h1-11,18H,12-13,21H2. The van der Waals surface area contributed by atoms with Gasteiger partial charge in [0.2, 0.25) is 0 Å². The third kappa shape index (κ3) is 3.41. The Hall–Kier alpha value is -2.03. The molecule has 1 atom stereocenters. The first-order valence-corrected chi connectivity index (χ1v) is 7.73. The number of rotatable bonds is 5. The Morgan fingerprint density at radius 2 is 1.64 bits per heavy atom. The summed E-state index contributed by atoms with van der Waals surface area (Å²) < 4.78 is 5.93. The van der Waals surface area contributed by atoms with Crippen LogP contribution >= 0.6 is 11.6 Å². The molecule has 3 rings (SSSR count). The molecule has 0 heterocycles. The van der Waals surface area contributed by atoms with Gasteiger partial charge in [-0.25, -0.2) is 0 Å². The fourth-order valence-corrected chi connectivity index (χ4v) is 2.62. The minimum absolute atomic E-state index is 0.0488. The van der Waals surface area contributed by atoms with Crippen molar-refractivity contribution >= 4 is 22.4 Å². The van der Waals surface area contributed by atoms with Crippen molar-refractivity contribution in [1.29, 1.82) is 0 Å². The minimum Gasteiger partial charge on any atom is -0.493 e. The quantitative estimate of drug-likeness (QED) is 0.722. The molecule has 0 aromatic heterocycles. The van der Waals surface area contributed by atoms with Crippen LogP contribution in [0.1, 0.15) is 18.0 Å². The molecular formula is C19H18ClNO. The van der Waals surface area contributed by atoms with Crippen molar-refractivity contribution in [3.8, 4) is 5.75 Å². The predicted octanol–water partition coefficient (Wildman–Crippen LogP) is 4.96. The number of fused-ring (bicyclic) bond motifs is 1. The van der Waals surface area contributed by atoms with Crippen LogP contribution in [-0.2, 0) is 0 Å². The van der Waals surface area contributed by atoms with Crippen molar-refractivity contribution in [3.05, 3.63) is 77.3 Å². The van der Waals surface area contributed by atoms with Gasteiger partial charge in [-0.05, 0) is 29.1 Å². The van der Waals surface area contributed by atoms with Crippen LogP contribution < -0.4 is 10.5 Å². The molecule has 0 radical (unpaired) electrons. The first-order chi connectivity index (χ1) is 10.7. The smallest absolute Gasteiger partial charge is 0.127 e. The van der Waals surface area contributed by atoms with Crippen molar-refractivity contribution in [2.75, 3.05) is 6.61 Å². The molecule has 3 aromatic rings. The van der Waals surface area contributed by atoms with Gasteiger partial charge in [0.05, 0.1) is 6.61 Å². The highest BCUT2D eigenvalue weighted by molar-refractivity contribution is 6.30. The number of ether oxygens (including phenoxy) is 1. The lowest BCUT2D eigenvalue weighted by Crippen LogP contribution is -2.14. The summed E-state index contributed by atoms with van der Waals surface area (Å²) in [5, 5.41) is 3.04. The van der Waals surface area contributed by atoms with Crippen LogP contribution in [0, 0.1) is 0 Å². The second-order valence-corrected chi connectivity index (χ2v) is 5.71. The molecule has 3 aromatic carbocycles. The van der Waals surface area contributed by atoms with E-state index in [2.05, 4.69) is 18.2 Å². The van der Waals surface area contributed by atoms with E-state index >= 15 is 0 Å². The third-order valence-electron chi connectivity index (χ3n) is 3.73. The van der Waals surface area contributed by atoms with E-state index in [1.165, 1.54) is 5.39 Å². The third-order valence-corrected chi connectivity index (χ3v) is 3.99. The second kappa shape index (κ2) is 6.82. The molecule has 3 heteroatoms. The van der Waals surface area contributed by atoms with Gasteiger partial charge in [-0.1, -0.05) is 60.1 Å². The van der Waals surface area contributed by atoms with Gasteiger partial charge in [-0.2, -0.15) is 0 Å². The topological polar surface area (TPSA) is 35.2 Å². The summed E-state index contributed by atoms with van der Waals surface area (Å²) >= 11 is 5.89.